The fourth-order valence-electron chi connectivity index (χ4n) is 2.17. The molecule has 0 unspecified atom stereocenters. The van der Waals surface area contributed by atoms with E-state index in [1.807, 2.05) is 0 Å². The second-order valence-electron chi connectivity index (χ2n) is 4.61. The fraction of sp³-hybridized carbons (Fsp3) is 0.500. The van der Waals surface area contributed by atoms with E-state index in [4.69, 9.17) is 16.3 Å². The molecule has 0 aliphatic carbocycles. The molecular formula is C12H17ClN2O4S. The van der Waals surface area contributed by atoms with Crippen molar-refractivity contribution < 1.29 is 18.3 Å². The van der Waals surface area contributed by atoms with Crippen LogP contribution in [0.4, 0.5) is 0 Å². The van der Waals surface area contributed by atoms with Crippen LogP contribution >= 0.6 is 11.6 Å². The van der Waals surface area contributed by atoms with E-state index in [2.05, 4.69) is 5.32 Å². The maximum Gasteiger partial charge on any atom is 0.243 e. The van der Waals surface area contributed by atoms with E-state index in [1.54, 1.807) is 0 Å². The second kappa shape index (κ2) is 5.87. The Morgan fingerprint density at radius 1 is 1.45 bits per heavy atom. The van der Waals surface area contributed by atoms with E-state index in [0.29, 0.717) is 18.8 Å². The van der Waals surface area contributed by atoms with Crippen LogP contribution in [0, 0.1) is 0 Å². The number of sulfonamides is 1. The Morgan fingerprint density at radius 3 is 2.65 bits per heavy atom. The summed E-state index contributed by atoms with van der Waals surface area (Å²) in [7, 11) is -0.796. The van der Waals surface area contributed by atoms with Crippen molar-refractivity contribution in [1.82, 2.24) is 9.62 Å². The predicted molar refractivity (Wildman–Crippen MR) is 75.6 cm³/mol. The molecule has 0 aromatic heterocycles. The van der Waals surface area contributed by atoms with Gasteiger partial charge in [-0.25, -0.2) is 8.42 Å². The summed E-state index contributed by atoms with van der Waals surface area (Å²) in [6, 6.07) is 3.81. The van der Waals surface area contributed by atoms with Gasteiger partial charge in [-0.05, 0) is 18.2 Å². The van der Waals surface area contributed by atoms with Gasteiger partial charge in [0.15, 0.2) is 0 Å². The predicted octanol–water partition coefficient (Wildman–Crippen LogP) is 0.302. The zero-order valence-electron chi connectivity index (χ0n) is 11.2. The number of nitrogens with one attached hydrogen (secondary N) is 1. The normalized spacial score (nSPS) is 23.2. The number of aliphatic hydroxyl groups excluding tert-OH is 1. The summed E-state index contributed by atoms with van der Waals surface area (Å²) in [5.74, 6) is 0.413. The van der Waals surface area contributed by atoms with Gasteiger partial charge in [0.1, 0.15) is 5.75 Å². The van der Waals surface area contributed by atoms with E-state index in [9.17, 15) is 13.5 Å². The van der Waals surface area contributed by atoms with E-state index < -0.39 is 22.2 Å². The van der Waals surface area contributed by atoms with Crippen LogP contribution in [-0.2, 0) is 10.0 Å². The van der Waals surface area contributed by atoms with E-state index in [0.717, 1.165) is 0 Å². The van der Waals surface area contributed by atoms with Gasteiger partial charge < -0.3 is 15.2 Å². The Bertz CT molecular complexity index is 593. The van der Waals surface area contributed by atoms with Gasteiger partial charge in [-0.3, -0.25) is 0 Å². The maximum atomic E-state index is 12.5. The number of aliphatic hydroxyl groups is 1. The Hall–Kier alpha value is -0.860. The summed E-state index contributed by atoms with van der Waals surface area (Å²) in [4.78, 5) is 0.0740. The number of ether oxygens (including phenoxy) is 1. The first-order valence-corrected chi connectivity index (χ1v) is 7.90. The standard InChI is InChI=1S/C12H17ClN2O4S/c1-15(10-6-14-7-11(10)16)20(17,18)8-3-4-12(19-2)9(13)5-8/h3-5,10-11,14,16H,6-7H2,1-2H3/t10-,11-/m0/s1. The lowest BCUT2D eigenvalue weighted by atomic mass is 10.2. The molecule has 1 aromatic carbocycles. The van der Waals surface area contributed by atoms with Crippen LogP contribution in [0.2, 0.25) is 5.02 Å². The first kappa shape index (κ1) is 15.5. The quantitative estimate of drug-likeness (QED) is 0.834. The lowest BCUT2D eigenvalue weighted by Gasteiger charge is -2.25. The molecule has 20 heavy (non-hydrogen) atoms. The van der Waals surface area contributed by atoms with Gasteiger partial charge in [-0.15, -0.1) is 0 Å². The van der Waals surface area contributed by atoms with Crippen molar-refractivity contribution in [3.8, 4) is 5.75 Å². The minimum Gasteiger partial charge on any atom is -0.495 e. The molecule has 2 rings (SSSR count). The van der Waals surface area contributed by atoms with Crippen LogP contribution in [0.15, 0.2) is 23.1 Å². The van der Waals surface area contributed by atoms with Crippen molar-refractivity contribution in [2.24, 2.45) is 0 Å². The summed E-state index contributed by atoms with van der Waals surface area (Å²) in [6.45, 7) is 0.800. The summed E-state index contributed by atoms with van der Waals surface area (Å²) >= 11 is 5.96. The largest absolute Gasteiger partial charge is 0.495 e. The first-order chi connectivity index (χ1) is 9.37. The lowest BCUT2D eigenvalue weighted by molar-refractivity contribution is 0.136. The van der Waals surface area contributed by atoms with Crippen LogP contribution in [-0.4, -0.2) is 57.2 Å². The molecule has 1 heterocycles. The molecule has 0 saturated carbocycles. The highest BCUT2D eigenvalue weighted by molar-refractivity contribution is 7.89. The van der Waals surface area contributed by atoms with Gasteiger partial charge in [0.25, 0.3) is 0 Å². The number of nitrogens with zero attached hydrogens (tertiary/aromatic N) is 1. The highest BCUT2D eigenvalue weighted by atomic mass is 35.5. The first-order valence-electron chi connectivity index (χ1n) is 6.08. The van der Waals surface area contributed by atoms with E-state index in [1.165, 1.54) is 36.7 Å². The van der Waals surface area contributed by atoms with Crippen LogP contribution in [0.3, 0.4) is 0 Å². The van der Waals surface area contributed by atoms with Crippen LogP contribution in [0.25, 0.3) is 0 Å². The smallest absolute Gasteiger partial charge is 0.243 e. The number of β-amino-alcohol motifs (C(OH)–C–C–N with tert-alkyl or cyclic N) is 1. The van der Waals surface area contributed by atoms with Crippen LogP contribution in [0.5, 0.6) is 5.75 Å². The zero-order valence-corrected chi connectivity index (χ0v) is 12.8. The minimum absolute atomic E-state index is 0.0740. The SMILES string of the molecule is COc1ccc(S(=O)(=O)N(C)[C@H]2CNC[C@@H]2O)cc1Cl. The lowest BCUT2D eigenvalue weighted by Crippen LogP contribution is -2.44. The molecule has 1 fully saturated rings. The molecule has 112 valence electrons. The number of benzene rings is 1. The van der Waals surface area contributed by atoms with Crippen molar-refractivity contribution >= 4 is 21.6 Å². The van der Waals surface area contributed by atoms with Crippen molar-refractivity contribution in [2.45, 2.75) is 17.0 Å². The van der Waals surface area contributed by atoms with Gasteiger partial charge in [-0.2, -0.15) is 4.31 Å². The highest BCUT2D eigenvalue weighted by Crippen LogP contribution is 2.29. The van der Waals surface area contributed by atoms with Gasteiger partial charge in [0, 0.05) is 20.1 Å². The van der Waals surface area contributed by atoms with Gasteiger partial charge in [0.05, 0.1) is 29.2 Å². The average Bonchev–Trinajstić information content (AvgIpc) is 2.83. The molecule has 1 aliphatic heterocycles. The number of rotatable bonds is 4. The molecule has 0 radical (unpaired) electrons. The number of methoxy groups -OCH3 is 1. The maximum absolute atomic E-state index is 12.5. The number of likely N-dealkylation sites (N-methyl/N-ethyl adjacent to an activating group) is 1. The Kier molecular flexibility index (Phi) is 4.55. The van der Waals surface area contributed by atoms with E-state index >= 15 is 0 Å². The molecule has 1 aromatic rings. The third-order valence-corrected chi connectivity index (χ3v) is 5.59. The second-order valence-corrected chi connectivity index (χ2v) is 7.02. The van der Waals surface area contributed by atoms with Gasteiger partial charge in [0.2, 0.25) is 10.0 Å². The topological polar surface area (TPSA) is 78.9 Å². The monoisotopic (exact) mass is 320 g/mol. The minimum atomic E-state index is -3.71. The zero-order chi connectivity index (χ0) is 14.9. The number of hydrogen-bond donors (Lipinski definition) is 2. The van der Waals surface area contributed by atoms with Gasteiger partial charge >= 0.3 is 0 Å². The molecule has 0 bridgehead atoms. The molecule has 1 saturated heterocycles. The molecule has 2 atom stereocenters. The van der Waals surface area contributed by atoms with E-state index in [-0.39, 0.29) is 9.92 Å². The van der Waals surface area contributed by atoms with Crippen LogP contribution < -0.4 is 10.1 Å². The van der Waals surface area contributed by atoms with Crippen molar-refractivity contribution in [3.05, 3.63) is 23.2 Å². The van der Waals surface area contributed by atoms with Gasteiger partial charge in [-0.1, -0.05) is 11.6 Å². The average molecular weight is 321 g/mol. The molecule has 8 heteroatoms. The number of hydrogen-bond acceptors (Lipinski definition) is 5. The Morgan fingerprint density at radius 2 is 2.15 bits per heavy atom. The Labute approximate surface area is 123 Å². The van der Waals surface area contributed by atoms with Crippen LogP contribution in [0.1, 0.15) is 0 Å². The molecule has 0 amide bonds. The molecular weight excluding hydrogens is 304 g/mol. The molecule has 0 spiro atoms. The Balaban J connectivity index is 2.32. The molecule has 2 N–H and O–H groups in total. The third-order valence-electron chi connectivity index (χ3n) is 3.42. The molecule has 1 aliphatic rings. The van der Waals surface area contributed by atoms with Crippen molar-refractivity contribution in [1.29, 1.82) is 0 Å². The molecule has 6 nitrogen and oxygen atoms in total. The third kappa shape index (κ3) is 2.77. The summed E-state index contributed by atoms with van der Waals surface area (Å²) in [6.07, 6.45) is -0.719. The number of halogens is 1. The summed E-state index contributed by atoms with van der Waals surface area (Å²) in [5, 5.41) is 13.0. The van der Waals surface area contributed by atoms with Crippen molar-refractivity contribution in [3.63, 3.8) is 0 Å². The fourth-order valence-corrected chi connectivity index (χ4v) is 3.91. The highest BCUT2D eigenvalue weighted by Gasteiger charge is 2.35. The summed E-state index contributed by atoms with van der Waals surface area (Å²) in [5.41, 5.74) is 0. The summed E-state index contributed by atoms with van der Waals surface area (Å²) < 4.78 is 31.2. The van der Waals surface area contributed by atoms with Crippen molar-refractivity contribution in [2.75, 3.05) is 27.2 Å².